The molecule has 0 aliphatic rings. The van der Waals surface area contributed by atoms with Crippen LogP contribution in [0.15, 0.2) is 36.5 Å². The molecular formula is C16H22N2O. The topological polar surface area (TPSA) is 34.1 Å². The highest BCUT2D eigenvalue weighted by Crippen LogP contribution is 2.15. The molecule has 0 atom stereocenters. The lowest BCUT2D eigenvalue weighted by atomic mass is 10.1. The molecule has 1 aromatic carbocycles. The van der Waals surface area contributed by atoms with Gasteiger partial charge in [0.2, 0.25) is 0 Å². The van der Waals surface area contributed by atoms with Gasteiger partial charge in [-0.2, -0.15) is 0 Å². The van der Waals surface area contributed by atoms with Crippen LogP contribution in [0.1, 0.15) is 19.4 Å². The zero-order valence-electron chi connectivity index (χ0n) is 11.7. The lowest BCUT2D eigenvalue weighted by molar-refractivity contribution is 0.111. The Morgan fingerprint density at radius 3 is 2.89 bits per heavy atom. The number of nitrogens with one attached hydrogen (secondary N) is 1. The van der Waals surface area contributed by atoms with E-state index in [-0.39, 0.29) is 0 Å². The molecule has 1 N–H and O–H groups in total. The molecule has 19 heavy (non-hydrogen) atoms. The Balaban J connectivity index is 1.82. The van der Waals surface area contributed by atoms with E-state index in [2.05, 4.69) is 48.4 Å². The van der Waals surface area contributed by atoms with Gasteiger partial charge in [0.15, 0.2) is 0 Å². The summed E-state index contributed by atoms with van der Waals surface area (Å²) in [6, 6.07) is 10.4. The van der Waals surface area contributed by atoms with Gasteiger partial charge in [0, 0.05) is 31.3 Å². The molecule has 0 amide bonds. The first-order chi connectivity index (χ1) is 9.27. The Hall–Kier alpha value is -1.45. The van der Waals surface area contributed by atoms with E-state index in [1.165, 1.54) is 10.9 Å². The average molecular weight is 258 g/mol. The van der Waals surface area contributed by atoms with Gasteiger partial charge in [-0.05, 0) is 17.5 Å². The molecule has 0 fully saturated rings. The molecule has 2 rings (SSSR count). The van der Waals surface area contributed by atoms with Crippen LogP contribution in [0.25, 0.3) is 10.9 Å². The lowest BCUT2D eigenvalue weighted by Crippen LogP contribution is -2.20. The minimum atomic E-state index is 0.599. The van der Waals surface area contributed by atoms with E-state index in [0.29, 0.717) is 5.92 Å². The maximum Gasteiger partial charge on any atom is 0.0746 e. The summed E-state index contributed by atoms with van der Waals surface area (Å²) in [5.41, 5.74) is 2.32. The number of aromatic nitrogens is 1. The number of nitrogens with zero attached hydrogens (tertiary/aromatic N) is 1. The summed E-state index contributed by atoms with van der Waals surface area (Å²) >= 11 is 0. The summed E-state index contributed by atoms with van der Waals surface area (Å²) in [4.78, 5) is 4.45. The smallest absolute Gasteiger partial charge is 0.0746 e. The molecule has 0 saturated carbocycles. The molecule has 1 aromatic heterocycles. The van der Waals surface area contributed by atoms with Crippen LogP contribution in [0.2, 0.25) is 0 Å². The van der Waals surface area contributed by atoms with E-state index in [1.54, 1.807) is 0 Å². The number of hydrogen-bond donors (Lipinski definition) is 1. The predicted molar refractivity (Wildman–Crippen MR) is 79.1 cm³/mol. The number of pyridine rings is 1. The van der Waals surface area contributed by atoms with Crippen LogP contribution in [-0.2, 0) is 11.3 Å². The van der Waals surface area contributed by atoms with E-state index in [0.717, 1.165) is 31.8 Å². The number of rotatable bonds is 7. The third kappa shape index (κ3) is 4.30. The van der Waals surface area contributed by atoms with Crippen LogP contribution in [0.3, 0.4) is 0 Å². The normalized spacial score (nSPS) is 11.3. The molecule has 102 valence electrons. The minimum Gasteiger partial charge on any atom is -0.380 e. The van der Waals surface area contributed by atoms with Gasteiger partial charge in [0.25, 0.3) is 0 Å². The molecule has 3 nitrogen and oxygen atoms in total. The maximum absolute atomic E-state index is 5.54. The van der Waals surface area contributed by atoms with Crippen molar-refractivity contribution in [2.45, 2.75) is 20.4 Å². The van der Waals surface area contributed by atoms with Crippen molar-refractivity contribution in [2.24, 2.45) is 5.92 Å². The molecule has 2 aromatic rings. The van der Waals surface area contributed by atoms with Gasteiger partial charge in [-0.15, -0.1) is 0 Å². The fourth-order valence-corrected chi connectivity index (χ4v) is 2.00. The van der Waals surface area contributed by atoms with Crippen molar-refractivity contribution in [3.63, 3.8) is 0 Å². The Kier molecular flexibility index (Phi) is 5.31. The van der Waals surface area contributed by atoms with Gasteiger partial charge in [-0.1, -0.05) is 38.1 Å². The number of benzene rings is 1. The highest BCUT2D eigenvalue weighted by molar-refractivity contribution is 5.81. The molecule has 3 heteroatoms. The second-order valence-electron chi connectivity index (χ2n) is 5.14. The summed E-state index contributed by atoms with van der Waals surface area (Å²) in [5.74, 6) is 0.599. The highest BCUT2D eigenvalue weighted by atomic mass is 16.5. The summed E-state index contributed by atoms with van der Waals surface area (Å²) < 4.78 is 5.54. The SMILES string of the molecule is CC(C)COCCNCc1cccc2cccnc12. The second kappa shape index (κ2) is 7.22. The summed E-state index contributed by atoms with van der Waals surface area (Å²) in [6.45, 7) is 7.62. The molecule has 0 radical (unpaired) electrons. The highest BCUT2D eigenvalue weighted by Gasteiger charge is 2.01. The predicted octanol–water partition coefficient (Wildman–Crippen LogP) is 3.00. The summed E-state index contributed by atoms with van der Waals surface area (Å²) in [5, 5.41) is 4.60. The first-order valence-corrected chi connectivity index (χ1v) is 6.88. The third-order valence-electron chi connectivity index (χ3n) is 2.91. The van der Waals surface area contributed by atoms with Gasteiger partial charge in [0.05, 0.1) is 12.1 Å². The zero-order chi connectivity index (χ0) is 13.5. The van der Waals surface area contributed by atoms with Gasteiger partial charge in [0.1, 0.15) is 0 Å². The molecule has 0 unspecified atom stereocenters. The molecule has 0 aliphatic heterocycles. The molecule has 0 aliphatic carbocycles. The largest absolute Gasteiger partial charge is 0.380 e. The van der Waals surface area contributed by atoms with Crippen LogP contribution >= 0.6 is 0 Å². The first kappa shape index (κ1) is 14.0. The van der Waals surface area contributed by atoms with Crippen LogP contribution < -0.4 is 5.32 Å². The summed E-state index contributed by atoms with van der Waals surface area (Å²) in [6.07, 6.45) is 1.84. The average Bonchev–Trinajstić information content (AvgIpc) is 2.42. The Morgan fingerprint density at radius 1 is 1.21 bits per heavy atom. The molecule has 0 saturated heterocycles. The van der Waals surface area contributed by atoms with Crippen LogP contribution in [-0.4, -0.2) is 24.7 Å². The second-order valence-corrected chi connectivity index (χ2v) is 5.14. The quantitative estimate of drug-likeness (QED) is 0.775. The molecular weight excluding hydrogens is 236 g/mol. The van der Waals surface area contributed by atoms with Crippen LogP contribution in [0, 0.1) is 5.92 Å². The molecule has 1 heterocycles. The Morgan fingerprint density at radius 2 is 2.05 bits per heavy atom. The lowest BCUT2D eigenvalue weighted by Gasteiger charge is -2.09. The van der Waals surface area contributed by atoms with E-state index in [9.17, 15) is 0 Å². The zero-order valence-corrected chi connectivity index (χ0v) is 11.7. The van der Waals surface area contributed by atoms with Crippen molar-refractivity contribution >= 4 is 10.9 Å². The van der Waals surface area contributed by atoms with E-state index < -0.39 is 0 Å². The van der Waals surface area contributed by atoms with Crippen molar-refractivity contribution in [2.75, 3.05) is 19.8 Å². The minimum absolute atomic E-state index is 0.599. The van der Waals surface area contributed by atoms with Crippen molar-refractivity contribution in [3.8, 4) is 0 Å². The van der Waals surface area contributed by atoms with Crippen molar-refractivity contribution in [1.29, 1.82) is 0 Å². The van der Waals surface area contributed by atoms with Crippen molar-refractivity contribution in [1.82, 2.24) is 10.3 Å². The van der Waals surface area contributed by atoms with Gasteiger partial charge >= 0.3 is 0 Å². The monoisotopic (exact) mass is 258 g/mol. The van der Waals surface area contributed by atoms with Gasteiger partial charge in [-0.25, -0.2) is 0 Å². The van der Waals surface area contributed by atoms with E-state index >= 15 is 0 Å². The van der Waals surface area contributed by atoms with Gasteiger partial charge < -0.3 is 10.1 Å². The van der Waals surface area contributed by atoms with E-state index in [4.69, 9.17) is 4.74 Å². The Bertz CT molecular complexity index is 506. The number of fused-ring (bicyclic) bond motifs is 1. The summed E-state index contributed by atoms with van der Waals surface area (Å²) in [7, 11) is 0. The van der Waals surface area contributed by atoms with E-state index in [1.807, 2.05) is 12.3 Å². The maximum atomic E-state index is 5.54. The fourth-order valence-electron chi connectivity index (χ4n) is 2.00. The van der Waals surface area contributed by atoms with Crippen LogP contribution in [0.4, 0.5) is 0 Å². The molecule has 0 spiro atoms. The number of para-hydroxylation sites is 1. The number of ether oxygens (including phenoxy) is 1. The van der Waals surface area contributed by atoms with Crippen LogP contribution in [0.5, 0.6) is 0 Å². The van der Waals surface area contributed by atoms with Crippen molar-refractivity contribution in [3.05, 3.63) is 42.1 Å². The van der Waals surface area contributed by atoms with Gasteiger partial charge in [-0.3, -0.25) is 4.98 Å². The number of hydrogen-bond acceptors (Lipinski definition) is 3. The molecule has 0 bridgehead atoms. The standard InChI is InChI=1S/C16H22N2O/c1-13(2)12-19-10-9-17-11-15-6-3-5-14-7-4-8-18-16(14)15/h3-8,13,17H,9-12H2,1-2H3. The van der Waals surface area contributed by atoms with Crippen molar-refractivity contribution < 1.29 is 4.74 Å². The first-order valence-electron chi connectivity index (χ1n) is 6.88. The fraction of sp³-hybridized carbons (Fsp3) is 0.438. The third-order valence-corrected chi connectivity index (χ3v) is 2.91. The Labute approximate surface area is 115 Å².